The first-order valence-electron chi connectivity index (χ1n) is 5.37. The Morgan fingerprint density at radius 3 is 1.76 bits per heavy atom. The first-order chi connectivity index (χ1) is 7.29. The van der Waals surface area contributed by atoms with E-state index in [1.807, 2.05) is 0 Å². The minimum absolute atomic E-state index is 0.550. The number of hydrogen-bond donors (Lipinski definition) is 4. The standard InChI is InChI=1S/C11H20O6/c1-6(12)7-8(2,13)9(3,14)10(4,15)11(5,16)17-7/h7,13-16H,1-5H3/t7?,8-,9?,10+,11-/m1/s1. The monoisotopic (exact) mass is 248 g/mol. The van der Waals surface area contributed by atoms with Crippen LogP contribution in [0.5, 0.6) is 0 Å². The van der Waals surface area contributed by atoms with Crippen LogP contribution in [0.3, 0.4) is 0 Å². The van der Waals surface area contributed by atoms with E-state index in [-0.39, 0.29) is 0 Å². The van der Waals surface area contributed by atoms with Crippen LogP contribution in [0.2, 0.25) is 0 Å². The highest BCUT2D eigenvalue weighted by atomic mass is 16.7. The summed E-state index contributed by atoms with van der Waals surface area (Å²) >= 11 is 0. The van der Waals surface area contributed by atoms with Crippen molar-refractivity contribution in [2.75, 3.05) is 0 Å². The molecule has 5 atom stereocenters. The van der Waals surface area contributed by atoms with E-state index >= 15 is 0 Å². The van der Waals surface area contributed by atoms with Crippen molar-refractivity contribution in [3.8, 4) is 0 Å². The van der Waals surface area contributed by atoms with Gasteiger partial charge >= 0.3 is 0 Å². The fourth-order valence-corrected chi connectivity index (χ4v) is 2.14. The maximum atomic E-state index is 11.4. The Bertz CT molecular complexity index is 342. The van der Waals surface area contributed by atoms with Gasteiger partial charge in [-0.25, -0.2) is 0 Å². The molecule has 4 N–H and O–H groups in total. The number of rotatable bonds is 1. The summed E-state index contributed by atoms with van der Waals surface area (Å²) in [7, 11) is 0. The molecule has 1 aliphatic rings. The second-order valence-electron chi connectivity index (χ2n) is 5.38. The average molecular weight is 248 g/mol. The maximum absolute atomic E-state index is 11.4. The van der Waals surface area contributed by atoms with Gasteiger partial charge in [-0.1, -0.05) is 0 Å². The molecule has 6 heteroatoms. The number of carbonyl (C=O) groups is 1. The predicted octanol–water partition coefficient (Wildman–Crippen LogP) is -1.06. The second kappa shape index (κ2) is 3.49. The number of ether oxygens (including phenoxy) is 1. The van der Waals surface area contributed by atoms with Crippen molar-refractivity contribution in [2.45, 2.75) is 63.3 Å². The number of ketones is 1. The summed E-state index contributed by atoms with van der Waals surface area (Å²) < 4.78 is 5.05. The number of carbonyl (C=O) groups excluding carboxylic acids is 1. The van der Waals surface area contributed by atoms with Crippen LogP contribution in [-0.2, 0) is 9.53 Å². The summed E-state index contributed by atoms with van der Waals surface area (Å²) in [6.07, 6.45) is -1.42. The molecule has 0 amide bonds. The molecule has 17 heavy (non-hydrogen) atoms. The van der Waals surface area contributed by atoms with Gasteiger partial charge in [0.2, 0.25) is 0 Å². The van der Waals surface area contributed by atoms with Gasteiger partial charge in [0.15, 0.2) is 17.7 Å². The van der Waals surface area contributed by atoms with Gasteiger partial charge in [-0.2, -0.15) is 0 Å². The van der Waals surface area contributed by atoms with Crippen molar-refractivity contribution < 1.29 is 30.0 Å². The van der Waals surface area contributed by atoms with E-state index in [2.05, 4.69) is 0 Å². The molecule has 1 aliphatic heterocycles. The molecule has 0 bridgehead atoms. The lowest BCUT2D eigenvalue weighted by Gasteiger charge is -2.59. The minimum atomic E-state index is -2.16. The highest BCUT2D eigenvalue weighted by Gasteiger charge is 2.70. The zero-order valence-corrected chi connectivity index (χ0v) is 10.7. The van der Waals surface area contributed by atoms with Gasteiger partial charge < -0.3 is 25.2 Å². The molecule has 0 aromatic rings. The molecule has 1 rings (SSSR count). The molecule has 100 valence electrons. The largest absolute Gasteiger partial charge is 0.384 e. The third kappa shape index (κ3) is 1.63. The van der Waals surface area contributed by atoms with Gasteiger partial charge in [0, 0.05) is 0 Å². The fourth-order valence-electron chi connectivity index (χ4n) is 2.14. The molecule has 0 aromatic carbocycles. The molecule has 1 heterocycles. The summed E-state index contributed by atoms with van der Waals surface area (Å²) in [5.74, 6) is -2.71. The molecular weight excluding hydrogens is 228 g/mol. The van der Waals surface area contributed by atoms with Crippen LogP contribution >= 0.6 is 0 Å². The maximum Gasteiger partial charge on any atom is 0.195 e. The molecule has 0 aromatic heterocycles. The summed E-state index contributed by atoms with van der Waals surface area (Å²) in [5.41, 5.74) is -6.29. The van der Waals surface area contributed by atoms with Crippen molar-refractivity contribution in [3.63, 3.8) is 0 Å². The third-order valence-corrected chi connectivity index (χ3v) is 4.06. The number of Topliss-reactive ketones (excluding diaryl/α,β-unsaturated/α-hetero) is 1. The van der Waals surface area contributed by atoms with Gasteiger partial charge in [0.25, 0.3) is 0 Å². The summed E-state index contributed by atoms with van der Waals surface area (Å²) in [6, 6.07) is 0. The Hall–Kier alpha value is -0.530. The first kappa shape index (κ1) is 14.5. The van der Waals surface area contributed by atoms with E-state index < -0.39 is 34.5 Å². The highest BCUT2D eigenvalue weighted by Crippen LogP contribution is 2.48. The first-order valence-corrected chi connectivity index (χ1v) is 5.37. The van der Waals surface area contributed by atoms with Gasteiger partial charge in [0.1, 0.15) is 16.8 Å². The molecule has 6 nitrogen and oxygen atoms in total. The van der Waals surface area contributed by atoms with Crippen molar-refractivity contribution in [1.29, 1.82) is 0 Å². The van der Waals surface area contributed by atoms with Crippen LogP contribution in [-0.4, -0.2) is 54.9 Å². The fraction of sp³-hybridized carbons (Fsp3) is 0.909. The van der Waals surface area contributed by atoms with Gasteiger partial charge in [-0.05, 0) is 34.6 Å². The molecule has 2 unspecified atom stereocenters. The molecular formula is C11H20O6. The minimum Gasteiger partial charge on any atom is -0.384 e. The Balaban J connectivity index is 3.39. The van der Waals surface area contributed by atoms with Crippen LogP contribution in [0.25, 0.3) is 0 Å². The van der Waals surface area contributed by atoms with Crippen LogP contribution in [0.15, 0.2) is 0 Å². The average Bonchev–Trinajstić information content (AvgIpc) is 2.11. The Labute approximate surface area is 99.8 Å². The van der Waals surface area contributed by atoms with Gasteiger partial charge in [-0.3, -0.25) is 4.79 Å². The zero-order chi connectivity index (χ0) is 13.9. The van der Waals surface area contributed by atoms with E-state index in [9.17, 15) is 25.2 Å². The summed E-state index contributed by atoms with van der Waals surface area (Å²) in [6.45, 7) is 5.78. The predicted molar refractivity (Wildman–Crippen MR) is 58.0 cm³/mol. The second-order valence-corrected chi connectivity index (χ2v) is 5.38. The van der Waals surface area contributed by atoms with Crippen LogP contribution < -0.4 is 0 Å². The zero-order valence-electron chi connectivity index (χ0n) is 10.7. The lowest BCUT2D eigenvalue weighted by Crippen LogP contribution is -2.81. The topological polar surface area (TPSA) is 107 Å². The molecule has 1 saturated heterocycles. The highest BCUT2D eigenvalue weighted by molar-refractivity contribution is 5.82. The van der Waals surface area contributed by atoms with Crippen LogP contribution in [0.1, 0.15) is 34.6 Å². The third-order valence-electron chi connectivity index (χ3n) is 4.06. The molecule has 0 spiro atoms. The quantitative estimate of drug-likeness (QED) is 0.471. The Morgan fingerprint density at radius 1 is 1.00 bits per heavy atom. The lowest BCUT2D eigenvalue weighted by atomic mass is 9.64. The molecule has 0 radical (unpaired) electrons. The normalized spacial score (nSPS) is 55.7. The van der Waals surface area contributed by atoms with Crippen LogP contribution in [0, 0.1) is 0 Å². The van der Waals surface area contributed by atoms with E-state index in [1.54, 1.807) is 0 Å². The van der Waals surface area contributed by atoms with Crippen molar-refractivity contribution >= 4 is 5.78 Å². The summed E-state index contributed by atoms with van der Waals surface area (Å²) in [5, 5.41) is 40.7. The van der Waals surface area contributed by atoms with E-state index in [1.165, 1.54) is 13.8 Å². The van der Waals surface area contributed by atoms with Crippen molar-refractivity contribution in [1.82, 2.24) is 0 Å². The number of hydrogen-bond acceptors (Lipinski definition) is 6. The Morgan fingerprint density at radius 2 is 1.41 bits per heavy atom. The number of aliphatic hydroxyl groups is 4. The molecule has 1 fully saturated rings. The molecule has 0 aliphatic carbocycles. The van der Waals surface area contributed by atoms with Crippen molar-refractivity contribution in [2.24, 2.45) is 0 Å². The van der Waals surface area contributed by atoms with Crippen molar-refractivity contribution in [3.05, 3.63) is 0 Å². The molecule has 0 saturated carbocycles. The Kier molecular flexibility index (Phi) is 2.98. The summed E-state index contributed by atoms with van der Waals surface area (Å²) in [4.78, 5) is 11.4. The van der Waals surface area contributed by atoms with Crippen LogP contribution in [0.4, 0.5) is 0 Å². The SMILES string of the molecule is CC(=O)C1O[C@@](C)(O)[C@@](C)(O)C(C)(O)[C@]1(C)O. The van der Waals surface area contributed by atoms with E-state index in [0.29, 0.717) is 0 Å². The van der Waals surface area contributed by atoms with Gasteiger partial charge in [-0.15, -0.1) is 0 Å². The van der Waals surface area contributed by atoms with E-state index in [0.717, 1.165) is 20.8 Å². The van der Waals surface area contributed by atoms with E-state index in [4.69, 9.17) is 4.74 Å². The lowest BCUT2D eigenvalue weighted by molar-refractivity contribution is -0.414. The van der Waals surface area contributed by atoms with Gasteiger partial charge in [0.05, 0.1) is 0 Å². The smallest absolute Gasteiger partial charge is 0.195 e.